The van der Waals surface area contributed by atoms with Crippen molar-refractivity contribution >= 4 is 11.6 Å². The normalized spacial score (nSPS) is 17.5. The van der Waals surface area contributed by atoms with E-state index in [0.717, 1.165) is 12.8 Å². The number of rotatable bonds is 4. The molecule has 1 aromatic heterocycles. The first-order valence-electron chi connectivity index (χ1n) is 8.04. The minimum atomic E-state index is -0.146. The van der Waals surface area contributed by atoms with Crippen LogP contribution in [-0.4, -0.2) is 40.1 Å². The third kappa shape index (κ3) is 3.49. The zero-order valence-corrected chi connectivity index (χ0v) is 13.4. The van der Waals surface area contributed by atoms with Crippen molar-refractivity contribution in [2.45, 2.75) is 25.6 Å². The van der Waals surface area contributed by atoms with Crippen molar-refractivity contribution in [2.75, 3.05) is 18.8 Å². The third-order valence-corrected chi connectivity index (χ3v) is 4.16. The number of aromatic nitrogens is 1. The molecule has 126 valence electrons. The number of nitrogen functional groups attached to an aromatic ring is 1. The minimum Gasteiger partial charge on any atom is -0.472 e. The summed E-state index contributed by atoms with van der Waals surface area (Å²) in [5, 5.41) is 9.37. The van der Waals surface area contributed by atoms with Crippen molar-refractivity contribution in [1.82, 2.24) is 9.88 Å². The van der Waals surface area contributed by atoms with Gasteiger partial charge in [0, 0.05) is 24.0 Å². The molecule has 0 aliphatic carbocycles. The molecule has 1 aliphatic heterocycles. The van der Waals surface area contributed by atoms with Crippen molar-refractivity contribution in [3.05, 3.63) is 53.7 Å². The number of hydrogen-bond acceptors (Lipinski definition) is 5. The molecule has 0 saturated carbocycles. The molecule has 6 heteroatoms. The summed E-state index contributed by atoms with van der Waals surface area (Å²) in [4.78, 5) is 18.6. The fraction of sp³-hybridized carbons (Fsp3) is 0.333. The summed E-state index contributed by atoms with van der Waals surface area (Å²) in [5.41, 5.74) is 7.56. The summed E-state index contributed by atoms with van der Waals surface area (Å²) >= 11 is 0. The Morgan fingerprint density at radius 1 is 1.33 bits per heavy atom. The van der Waals surface area contributed by atoms with Gasteiger partial charge in [-0.25, -0.2) is 4.98 Å². The quantitative estimate of drug-likeness (QED) is 0.837. The molecule has 1 amide bonds. The van der Waals surface area contributed by atoms with Crippen LogP contribution in [0.25, 0.3) is 0 Å². The molecule has 3 N–H and O–H groups in total. The van der Waals surface area contributed by atoms with Crippen LogP contribution in [0.1, 0.15) is 28.8 Å². The van der Waals surface area contributed by atoms with Crippen LogP contribution in [0.15, 0.2) is 42.6 Å². The van der Waals surface area contributed by atoms with Crippen LogP contribution in [0.4, 0.5) is 5.69 Å². The van der Waals surface area contributed by atoms with Crippen molar-refractivity contribution < 1.29 is 14.6 Å². The number of likely N-dealkylation sites (tertiary alicyclic amines) is 1. The Hall–Kier alpha value is -2.60. The van der Waals surface area contributed by atoms with Gasteiger partial charge < -0.3 is 20.5 Å². The number of ether oxygens (including phenoxy) is 1. The van der Waals surface area contributed by atoms with Crippen molar-refractivity contribution in [3.63, 3.8) is 0 Å². The molecule has 1 fully saturated rings. The molecule has 1 atom stereocenters. The lowest BCUT2D eigenvalue weighted by atomic mass is 10.1. The summed E-state index contributed by atoms with van der Waals surface area (Å²) in [6.45, 7) is 1.04. The zero-order valence-electron chi connectivity index (χ0n) is 13.4. The maximum Gasteiger partial charge on any atom is 0.256 e. The highest BCUT2D eigenvalue weighted by atomic mass is 16.5. The Morgan fingerprint density at radius 3 is 2.96 bits per heavy atom. The van der Waals surface area contributed by atoms with E-state index in [1.54, 1.807) is 35.4 Å². The van der Waals surface area contributed by atoms with Gasteiger partial charge in [0.05, 0.1) is 18.7 Å². The second kappa shape index (κ2) is 7.31. The number of amides is 1. The van der Waals surface area contributed by atoms with E-state index in [0.29, 0.717) is 35.8 Å². The van der Waals surface area contributed by atoms with E-state index >= 15 is 0 Å². The highest BCUT2D eigenvalue weighted by Gasteiger charge is 2.27. The van der Waals surface area contributed by atoms with Crippen LogP contribution >= 0.6 is 0 Å². The predicted molar refractivity (Wildman–Crippen MR) is 90.6 cm³/mol. The number of piperidine rings is 1. The molecule has 1 aromatic carbocycles. The smallest absolute Gasteiger partial charge is 0.256 e. The number of nitrogens with zero attached hydrogens (tertiary/aromatic N) is 2. The van der Waals surface area contributed by atoms with E-state index in [2.05, 4.69) is 4.98 Å². The van der Waals surface area contributed by atoms with Gasteiger partial charge in [0.25, 0.3) is 5.91 Å². The molecule has 0 radical (unpaired) electrons. The summed E-state index contributed by atoms with van der Waals surface area (Å²) < 4.78 is 5.93. The number of aliphatic hydroxyl groups is 1. The number of hydrogen-bond donors (Lipinski definition) is 2. The summed E-state index contributed by atoms with van der Waals surface area (Å²) in [5.74, 6) is 0.350. The average Bonchev–Trinajstić information content (AvgIpc) is 2.62. The largest absolute Gasteiger partial charge is 0.472 e. The van der Waals surface area contributed by atoms with Crippen molar-refractivity contribution in [1.29, 1.82) is 0 Å². The average molecular weight is 327 g/mol. The topological polar surface area (TPSA) is 88.7 Å². The van der Waals surface area contributed by atoms with Crippen molar-refractivity contribution in [3.8, 4) is 5.88 Å². The summed E-state index contributed by atoms with van der Waals surface area (Å²) in [6.07, 6.45) is 3.18. The van der Waals surface area contributed by atoms with Gasteiger partial charge in [-0.1, -0.05) is 12.1 Å². The fourth-order valence-electron chi connectivity index (χ4n) is 2.89. The highest BCUT2D eigenvalue weighted by molar-refractivity contribution is 5.99. The lowest BCUT2D eigenvalue weighted by molar-refractivity contribution is 0.0523. The van der Waals surface area contributed by atoms with Gasteiger partial charge >= 0.3 is 0 Å². The van der Waals surface area contributed by atoms with Crippen LogP contribution in [0.3, 0.4) is 0 Å². The second-order valence-electron chi connectivity index (χ2n) is 5.85. The molecule has 24 heavy (non-hydrogen) atoms. The van der Waals surface area contributed by atoms with E-state index in [1.165, 1.54) is 0 Å². The number of nitrogens with two attached hydrogens (primary N) is 1. The Balaban J connectivity index is 1.70. The number of anilines is 1. The van der Waals surface area contributed by atoms with Crippen LogP contribution in [0.5, 0.6) is 5.88 Å². The van der Waals surface area contributed by atoms with Crippen LogP contribution in [0.2, 0.25) is 0 Å². The van der Waals surface area contributed by atoms with Crippen LogP contribution in [0, 0.1) is 0 Å². The number of aliphatic hydroxyl groups excluding tert-OH is 1. The Morgan fingerprint density at radius 2 is 2.17 bits per heavy atom. The Kier molecular flexibility index (Phi) is 4.96. The van der Waals surface area contributed by atoms with E-state index < -0.39 is 0 Å². The Labute approximate surface area is 140 Å². The molecule has 2 aromatic rings. The molecule has 0 bridgehead atoms. The fourth-order valence-corrected chi connectivity index (χ4v) is 2.89. The molecule has 3 rings (SSSR count). The number of benzene rings is 1. The molecule has 6 nitrogen and oxygen atoms in total. The number of para-hydroxylation sites is 1. The maximum absolute atomic E-state index is 12.7. The Bertz CT molecular complexity index is 720. The molecular formula is C18H21N3O3. The number of carbonyl (C=O) groups is 1. The summed E-state index contributed by atoms with van der Waals surface area (Å²) in [6, 6.07) is 10.6. The standard InChI is InChI=1S/C18H21N3O3/c19-16-8-2-1-7-15(16)18(23)21-10-4-6-14(11-21)24-17-13(12-22)5-3-9-20-17/h1-3,5,7-9,14,22H,4,6,10-12,19H2/t14-/m1/s1. The van der Waals surface area contributed by atoms with E-state index in [-0.39, 0.29) is 18.6 Å². The predicted octanol–water partition coefficient (Wildman–Crippen LogP) is 1.84. The van der Waals surface area contributed by atoms with Gasteiger partial charge in [0.15, 0.2) is 0 Å². The number of pyridine rings is 1. The lowest BCUT2D eigenvalue weighted by Crippen LogP contribution is -2.44. The molecule has 0 spiro atoms. The van der Waals surface area contributed by atoms with E-state index in [4.69, 9.17) is 10.5 Å². The summed E-state index contributed by atoms with van der Waals surface area (Å²) in [7, 11) is 0. The first-order valence-corrected chi connectivity index (χ1v) is 8.04. The van der Waals surface area contributed by atoms with Gasteiger partial charge in [0.1, 0.15) is 6.10 Å². The molecule has 1 saturated heterocycles. The van der Waals surface area contributed by atoms with Gasteiger partial charge in [-0.05, 0) is 37.1 Å². The van der Waals surface area contributed by atoms with Crippen LogP contribution in [-0.2, 0) is 6.61 Å². The van der Waals surface area contributed by atoms with Gasteiger partial charge in [0.2, 0.25) is 5.88 Å². The zero-order chi connectivity index (χ0) is 16.9. The lowest BCUT2D eigenvalue weighted by Gasteiger charge is -2.33. The molecule has 0 unspecified atom stereocenters. The highest BCUT2D eigenvalue weighted by Crippen LogP contribution is 2.22. The van der Waals surface area contributed by atoms with Gasteiger partial charge in [-0.15, -0.1) is 0 Å². The third-order valence-electron chi connectivity index (χ3n) is 4.16. The van der Waals surface area contributed by atoms with E-state index in [1.807, 2.05) is 12.1 Å². The maximum atomic E-state index is 12.7. The van der Waals surface area contributed by atoms with Gasteiger partial charge in [-0.2, -0.15) is 0 Å². The molecule has 1 aliphatic rings. The minimum absolute atomic E-state index is 0.0789. The SMILES string of the molecule is Nc1ccccc1C(=O)N1CCC[C@@H](Oc2ncccc2CO)C1. The van der Waals surface area contributed by atoms with E-state index in [9.17, 15) is 9.90 Å². The molecule has 2 heterocycles. The first kappa shape index (κ1) is 16.3. The van der Waals surface area contributed by atoms with Crippen molar-refractivity contribution in [2.24, 2.45) is 0 Å². The monoisotopic (exact) mass is 327 g/mol. The first-order chi connectivity index (χ1) is 11.7. The van der Waals surface area contributed by atoms with Gasteiger partial charge in [-0.3, -0.25) is 4.79 Å². The van der Waals surface area contributed by atoms with Crippen LogP contribution < -0.4 is 10.5 Å². The second-order valence-corrected chi connectivity index (χ2v) is 5.85. The molecular weight excluding hydrogens is 306 g/mol. The number of carbonyl (C=O) groups excluding carboxylic acids is 1.